The van der Waals surface area contributed by atoms with Crippen LogP contribution in [0.3, 0.4) is 0 Å². The van der Waals surface area contributed by atoms with E-state index in [1.165, 1.54) is 5.56 Å². The maximum absolute atomic E-state index is 5.72. The van der Waals surface area contributed by atoms with Gasteiger partial charge in [-0.3, -0.25) is 4.98 Å². The molecule has 2 rings (SSSR count). The Balaban J connectivity index is 1.94. The Morgan fingerprint density at radius 3 is 2.47 bits per heavy atom. The van der Waals surface area contributed by atoms with Gasteiger partial charge in [-0.15, -0.1) is 0 Å². The molecule has 0 spiro atoms. The number of aryl methyl sites for hydroxylation is 1. The summed E-state index contributed by atoms with van der Waals surface area (Å²) in [5.41, 5.74) is 8.70. The SMILES string of the molecule is CCCc1ccc(OCc2cccc(CN)n2)cc1. The Morgan fingerprint density at radius 1 is 1.05 bits per heavy atom. The van der Waals surface area contributed by atoms with Crippen LogP contribution in [0.15, 0.2) is 42.5 Å². The van der Waals surface area contributed by atoms with E-state index in [9.17, 15) is 0 Å². The van der Waals surface area contributed by atoms with E-state index in [0.29, 0.717) is 13.2 Å². The average molecular weight is 256 g/mol. The van der Waals surface area contributed by atoms with Crippen LogP contribution in [0.5, 0.6) is 5.75 Å². The Bertz CT molecular complexity index is 508. The second-order valence-corrected chi connectivity index (χ2v) is 4.51. The molecular weight excluding hydrogens is 236 g/mol. The van der Waals surface area contributed by atoms with E-state index in [1.54, 1.807) is 0 Å². The molecule has 2 aromatic rings. The van der Waals surface area contributed by atoms with Crippen LogP contribution >= 0.6 is 0 Å². The minimum absolute atomic E-state index is 0.458. The van der Waals surface area contributed by atoms with Crippen molar-refractivity contribution in [2.75, 3.05) is 0 Å². The van der Waals surface area contributed by atoms with Gasteiger partial charge in [0.25, 0.3) is 0 Å². The molecule has 0 atom stereocenters. The van der Waals surface area contributed by atoms with E-state index in [2.05, 4.69) is 24.0 Å². The molecule has 0 radical (unpaired) electrons. The number of ether oxygens (including phenoxy) is 1. The lowest BCUT2D eigenvalue weighted by atomic mass is 10.1. The standard InChI is InChI=1S/C16H20N2O/c1-2-4-13-7-9-16(10-8-13)19-12-15-6-3-5-14(11-17)18-15/h3,5-10H,2,4,11-12,17H2,1H3. The monoisotopic (exact) mass is 256 g/mol. The molecule has 0 aliphatic carbocycles. The van der Waals surface area contributed by atoms with Crippen LogP contribution in [-0.4, -0.2) is 4.98 Å². The minimum atomic E-state index is 0.458. The van der Waals surface area contributed by atoms with Crippen molar-refractivity contribution in [1.82, 2.24) is 4.98 Å². The third kappa shape index (κ3) is 4.07. The number of nitrogens with zero attached hydrogens (tertiary/aromatic N) is 1. The van der Waals surface area contributed by atoms with Gasteiger partial charge in [-0.2, -0.15) is 0 Å². The lowest BCUT2D eigenvalue weighted by molar-refractivity contribution is 0.301. The molecule has 3 nitrogen and oxygen atoms in total. The molecule has 19 heavy (non-hydrogen) atoms. The summed E-state index contributed by atoms with van der Waals surface area (Å²) in [4.78, 5) is 4.40. The summed E-state index contributed by atoms with van der Waals surface area (Å²) in [5, 5.41) is 0. The molecule has 0 aliphatic heterocycles. The van der Waals surface area contributed by atoms with Crippen LogP contribution in [0, 0.1) is 0 Å². The maximum Gasteiger partial charge on any atom is 0.130 e. The van der Waals surface area contributed by atoms with Crippen LogP contribution in [0.1, 0.15) is 30.3 Å². The van der Waals surface area contributed by atoms with Gasteiger partial charge in [0.2, 0.25) is 0 Å². The van der Waals surface area contributed by atoms with Gasteiger partial charge in [0.15, 0.2) is 0 Å². The number of rotatable bonds is 6. The van der Waals surface area contributed by atoms with Crippen molar-refractivity contribution in [3.05, 3.63) is 59.4 Å². The molecule has 0 unspecified atom stereocenters. The second kappa shape index (κ2) is 6.90. The van der Waals surface area contributed by atoms with Crippen molar-refractivity contribution in [3.63, 3.8) is 0 Å². The fourth-order valence-electron chi connectivity index (χ4n) is 1.92. The van der Waals surface area contributed by atoms with Gasteiger partial charge in [-0.1, -0.05) is 31.5 Å². The first-order chi connectivity index (χ1) is 9.31. The van der Waals surface area contributed by atoms with Crippen LogP contribution in [0.2, 0.25) is 0 Å². The summed E-state index contributed by atoms with van der Waals surface area (Å²) in [6.07, 6.45) is 2.27. The summed E-state index contributed by atoms with van der Waals surface area (Å²) in [6, 6.07) is 14.1. The molecule has 0 amide bonds. The Morgan fingerprint density at radius 2 is 1.79 bits per heavy atom. The predicted molar refractivity (Wildman–Crippen MR) is 76.9 cm³/mol. The lowest BCUT2D eigenvalue weighted by Gasteiger charge is -2.07. The molecule has 0 aliphatic rings. The Kier molecular flexibility index (Phi) is 4.93. The fraction of sp³-hybridized carbons (Fsp3) is 0.312. The highest BCUT2D eigenvalue weighted by Crippen LogP contribution is 2.14. The predicted octanol–water partition coefficient (Wildman–Crippen LogP) is 3.07. The van der Waals surface area contributed by atoms with Crippen molar-refractivity contribution in [2.45, 2.75) is 32.9 Å². The zero-order chi connectivity index (χ0) is 13.5. The molecule has 1 heterocycles. The maximum atomic E-state index is 5.72. The smallest absolute Gasteiger partial charge is 0.130 e. The van der Waals surface area contributed by atoms with Crippen LogP contribution in [-0.2, 0) is 19.6 Å². The van der Waals surface area contributed by atoms with Crippen molar-refractivity contribution in [2.24, 2.45) is 5.73 Å². The summed E-state index contributed by atoms with van der Waals surface area (Å²) >= 11 is 0. The lowest BCUT2D eigenvalue weighted by Crippen LogP contribution is -2.04. The van der Waals surface area contributed by atoms with Gasteiger partial charge < -0.3 is 10.5 Å². The van der Waals surface area contributed by atoms with Crippen LogP contribution in [0.25, 0.3) is 0 Å². The van der Waals surface area contributed by atoms with Crippen molar-refractivity contribution < 1.29 is 4.74 Å². The van der Waals surface area contributed by atoms with Gasteiger partial charge in [-0.05, 0) is 36.2 Å². The minimum Gasteiger partial charge on any atom is -0.487 e. The zero-order valence-corrected chi connectivity index (χ0v) is 11.3. The van der Waals surface area contributed by atoms with E-state index < -0.39 is 0 Å². The largest absolute Gasteiger partial charge is 0.487 e. The fourth-order valence-corrected chi connectivity index (χ4v) is 1.92. The topological polar surface area (TPSA) is 48.1 Å². The van der Waals surface area contributed by atoms with E-state index >= 15 is 0 Å². The summed E-state index contributed by atoms with van der Waals surface area (Å²) in [5.74, 6) is 0.875. The molecular formula is C16H20N2O. The van der Waals surface area contributed by atoms with Gasteiger partial charge in [-0.25, -0.2) is 0 Å². The molecule has 0 saturated carbocycles. The van der Waals surface area contributed by atoms with E-state index in [0.717, 1.165) is 30.0 Å². The molecule has 0 fully saturated rings. The Labute approximate surface area is 114 Å². The number of pyridine rings is 1. The highest BCUT2D eigenvalue weighted by Gasteiger charge is 1.99. The number of benzene rings is 1. The number of aromatic nitrogens is 1. The second-order valence-electron chi connectivity index (χ2n) is 4.51. The van der Waals surface area contributed by atoms with Gasteiger partial charge in [0, 0.05) is 6.54 Å². The van der Waals surface area contributed by atoms with Crippen LogP contribution in [0.4, 0.5) is 0 Å². The van der Waals surface area contributed by atoms with E-state index in [4.69, 9.17) is 10.5 Å². The van der Waals surface area contributed by atoms with Crippen LogP contribution < -0.4 is 10.5 Å². The molecule has 2 N–H and O–H groups in total. The highest BCUT2D eigenvalue weighted by molar-refractivity contribution is 5.27. The van der Waals surface area contributed by atoms with E-state index in [1.807, 2.05) is 30.3 Å². The molecule has 0 saturated heterocycles. The number of hydrogen-bond acceptors (Lipinski definition) is 3. The van der Waals surface area contributed by atoms with Gasteiger partial charge in [0.05, 0.1) is 11.4 Å². The highest BCUT2D eigenvalue weighted by atomic mass is 16.5. The van der Waals surface area contributed by atoms with Gasteiger partial charge in [0.1, 0.15) is 12.4 Å². The van der Waals surface area contributed by atoms with Crippen molar-refractivity contribution >= 4 is 0 Å². The number of nitrogens with two attached hydrogens (primary N) is 1. The normalized spacial score (nSPS) is 10.4. The van der Waals surface area contributed by atoms with Gasteiger partial charge >= 0.3 is 0 Å². The summed E-state index contributed by atoms with van der Waals surface area (Å²) < 4.78 is 5.72. The average Bonchev–Trinajstić information content (AvgIpc) is 2.47. The quantitative estimate of drug-likeness (QED) is 0.864. The first kappa shape index (κ1) is 13.6. The van der Waals surface area contributed by atoms with Crippen molar-refractivity contribution in [1.29, 1.82) is 0 Å². The zero-order valence-electron chi connectivity index (χ0n) is 11.3. The first-order valence-electron chi connectivity index (χ1n) is 6.68. The molecule has 0 bridgehead atoms. The first-order valence-corrected chi connectivity index (χ1v) is 6.68. The molecule has 1 aromatic carbocycles. The van der Waals surface area contributed by atoms with Crippen molar-refractivity contribution in [3.8, 4) is 5.75 Å². The summed E-state index contributed by atoms with van der Waals surface area (Å²) in [6.45, 7) is 3.11. The molecule has 3 heteroatoms. The number of hydrogen-bond donors (Lipinski definition) is 1. The third-order valence-corrected chi connectivity index (χ3v) is 2.92. The van der Waals surface area contributed by atoms with E-state index in [-0.39, 0.29) is 0 Å². The molecule has 100 valence electrons. The Hall–Kier alpha value is -1.87. The molecule has 1 aromatic heterocycles. The third-order valence-electron chi connectivity index (χ3n) is 2.92. The summed E-state index contributed by atoms with van der Waals surface area (Å²) in [7, 11) is 0.